The molecule has 22 heavy (non-hydrogen) atoms. The van der Waals surface area contributed by atoms with E-state index < -0.39 is 0 Å². The third-order valence-corrected chi connectivity index (χ3v) is 3.97. The Bertz CT molecular complexity index is 485. The van der Waals surface area contributed by atoms with Crippen LogP contribution >= 0.6 is 0 Å². The van der Waals surface area contributed by atoms with Crippen molar-refractivity contribution in [3.05, 3.63) is 29.8 Å². The number of carbonyl (C=O) groups excluding carboxylic acids is 1. The molecule has 0 spiro atoms. The van der Waals surface area contributed by atoms with Crippen LogP contribution in [-0.2, 0) is 0 Å². The van der Waals surface area contributed by atoms with Gasteiger partial charge >= 0.3 is 6.03 Å². The van der Waals surface area contributed by atoms with Gasteiger partial charge in [0.25, 0.3) is 0 Å². The van der Waals surface area contributed by atoms with E-state index >= 15 is 0 Å². The van der Waals surface area contributed by atoms with Gasteiger partial charge in [-0.2, -0.15) is 0 Å². The molecule has 5 heteroatoms. The first kappa shape index (κ1) is 16.6. The van der Waals surface area contributed by atoms with Crippen LogP contribution in [0.4, 0.5) is 4.79 Å². The summed E-state index contributed by atoms with van der Waals surface area (Å²) in [5.74, 6) is 0.845. The van der Waals surface area contributed by atoms with Gasteiger partial charge in [0.15, 0.2) is 0 Å². The lowest BCUT2D eigenvalue weighted by Crippen LogP contribution is -2.53. The first-order valence-electron chi connectivity index (χ1n) is 8.05. The van der Waals surface area contributed by atoms with E-state index in [2.05, 4.69) is 17.1 Å². The van der Waals surface area contributed by atoms with E-state index in [1.807, 2.05) is 43.0 Å². The number of hydrogen-bond acceptors (Lipinski definition) is 3. The van der Waals surface area contributed by atoms with Crippen molar-refractivity contribution in [1.29, 1.82) is 0 Å². The van der Waals surface area contributed by atoms with Crippen LogP contribution in [0.2, 0.25) is 0 Å². The second-order valence-electron chi connectivity index (χ2n) is 5.90. The Balaban J connectivity index is 1.72. The highest BCUT2D eigenvalue weighted by molar-refractivity contribution is 5.74. The first-order valence-corrected chi connectivity index (χ1v) is 8.05. The van der Waals surface area contributed by atoms with Gasteiger partial charge < -0.3 is 19.9 Å². The van der Waals surface area contributed by atoms with Gasteiger partial charge in [-0.05, 0) is 38.1 Å². The van der Waals surface area contributed by atoms with E-state index in [9.17, 15) is 4.79 Å². The molecule has 1 aromatic rings. The van der Waals surface area contributed by atoms with Gasteiger partial charge in [0.1, 0.15) is 12.4 Å². The number of ether oxygens (including phenoxy) is 1. The smallest absolute Gasteiger partial charge is 0.317 e. The summed E-state index contributed by atoms with van der Waals surface area (Å²) in [6, 6.07) is 7.94. The summed E-state index contributed by atoms with van der Waals surface area (Å²) >= 11 is 0. The molecular weight excluding hydrogens is 278 g/mol. The zero-order chi connectivity index (χ0) is 15.9. The molecule has 1 aliphatic rings. The number of urea groups is 1. The number of amides is 2. The highest BCUT2D eigenvalue weighted by Gasteiger charge is 2.21. The Morgan fingerprint density at radius 3 is 2.68 bits per heavy atom. The third-order valence-electron chi connectivity index (χ3n) is 3.97. The standard InChI is InChI=1S/C17H27N3O2/c1-4-19-8-10-20(11-9-19)17(21)18-15(3)13-22-16-7-5-6-14(2)12-16/h5-7,12,15H,4,8-11,13H2,1-3H3,(H,18,21). The zero-order valence-electron chi connectivity index (χ0n) is 13.8. The van der Waals surface area contributed by atoms with Crippen LogP contribution in [0.15, 0.2) is 24.3 Å². The molecule has 2 rings (SSSR count). The number of piperazine rings is 1. The van der Waals surface area contributed by atoms with Crippen LogP contribution in [-0.4, -0.2) is 61.2 Å². The van der Waals surface area contributed by atoms with Crippen LogP contribution < -0.4 is 10.1 Å². The molecule has 1 unspecified atom stereocenters. The molecule has 1 aliphatic heterocycles. The number of benzene rings is 1. The van der Waals surface area contributed by atoms with Crippen molar-refractivity contribution in [1.82, 2.24) is 15.1 Å². The number of likely N-dealkylation sites (N-methyl/N-ethyl adjacent to an activating group) is 1. The van der Waals surface area contributed by atoms with Gasteiger partial charge in [0, 0.05) is 26.2 Å². The first-order chi connectivity index (χ1) is 10.6. The molecule has 0 aliphatic carbocycles. The molecule has 1 atom stereocenters. The van der Waals surface area contributed by atoms with Crippen molar-refractivity contribution in [2.24, 2.45) is 0 Å². The van der Waals surface area contributed by atoms with E-state index in [0.717, 1.165) is 38.5 Å². The lowest BCUT2D eigenvalue weighted by molar-refractivity contribution is 0.138. The maximum atomic E-state index is 12.2. The van der Waals surface area contributed by atoms with Gasteiger partial charge in [-0.1, -0.05) is 19.1 Å². The monoisotopic (exact) mass is 305 g/mol. The predicted molar refractivity (Wildman–Crippen MR) is 88.4 cm³/mol. The van der Waals surface area contributed by atoms with Crippen LogP contribution in [0.1, 0.15) is 19.4 Å². The summed E-state index contributed by atoms with van der Waals surface area (Å²) in [6.45, 7) is 11.2. The Kier molecular flexibility index (Phi) is 6.07. The highest BCUT2D eigenvalue weighted by atomic mass is 16.5. The third kappa shape index (κ3) is 4.91. The topological polar surface area (TPSA) is 44.8 Å². The minimum atomic E-state index is -0.0165. The predicted octanol–water partition coefficient (Wildman–Crippen LogP) is 2.11. The van der Waals surface area contributed by atoms with Crippen molar-refractivity contribution in [3.63, 3.8) is 0 Å². The molecule has 0 bridgehead atoms. The molecule has 0 radical (unpaired) electrons. The molecule has 5 nitrogen and oxygen atoms in total. The molecule has 1 fully saturated rings. The minimum absolute atomic E-state index is 0.0103. The van der Waals surface area contributed by atoms with E-state index in [1.165, 1.54) is 5.56 Å². The maximum Gasteiger partial charge on any atom is 0.317 e. The van der Waals surface area contributed by atoms with Crippen LogP contribution in [0.3, 0.4) is 0 Å². The number of hydrogen-bond donors (Lipinski definition) is 1. The van der Waals surface area contributed by atoms with Crippen molar-refractivity contribution < 1.29 is 9.53 Å². The SMILES string of the molecule is CCN1CCN(C(=O)NC(C)COc2cccc(C)c2)CC1. The number of nitrogens with one attached hydrogen (secondary N) is 1. The quantitative estimate of drug-likeness (QED) is 0.906. The van der Waals surface area contributed by atoms with Crippen LogP contribution in [0, 0.1) is 6.92 Å². The summed E-state index contributed by atoms with van der Waals surface area (Å²) in [5.41, 5.74) is 1.17. The molecule has 0 saturated carbocycles. The number of carbonyl (C=O) groups is 1. The van der Waals surface area contributed by atoms with Gasteiger partial charge in [-0.15, -0.1) is 0 Å². The summed E-state index contributed by atoms with van der Waals surface area (Å²) in [4.78, 5) is 16.4. The van der Waals surface area contributed by atoms with Gasteiger partial charge in [0.05, 0.1) is 6.04 Å². The zero-order valence-corrected chi connectivity index (χ0v) is 13.8. The van der Waals surface area contributed by atoms with E-state index in [1.54, 1.807) is 0 Å². The molecule has 1 aromatic carbocycles. The Morgan fingerprint density at radius 1 is 1.32 bits per heavy atom. The molecule has 1 saturated heterocycles. The van der Waals surface area contributed by atoms with Crippen LogP contribution in [0.25, 0.3) is 0 Å². The maximum absolute atomic E-state index is 12.2. The Labute approximate surface area is 133 Å². The largest absolute Gasteiger partial charge is 0.491 e. The second kappa shape index (κ2) is 8.03. The van der Waals surface area contributed by atoms with Gasteiger partial charge in [-0.25, -0.2) is 4.79 Å². The normalized spacial score (nSPS) is 17.1. The average molecular weight is 305 g/mol. The summed E-state index contributed by atoms with van der Waals surface area (Å²) < 4.78 is 5.73. The van der Waals surface area contributed by atoms with E-state index in [0.29, 0.717) is 6.61 Å². The average Bonchev–Trinajstić information content (AvgIpc) is 2.53. The number of aryl methyl sites for hydroxylation is 1. The lowest BCUT2D eigenvalue weighted by Gasteiger charge is -2.34. The Hall–Kier alpha value is -1.75. The molecule has 1 heterocycles. The highest BCUT2D eigenvalue weighted by Crippen LogP contribution is 2.12. The fraction of sp³-hybridized carbons (Fsp3) is 0.588. The lowest BCUT2D eigenvalue weighted by atomic mass is 10.2. The molecular formula is C17H27N3O2. The second-order valence-corrected chi connectivity index (χ2v) is 5.90. The number of nitrogens with zero attached hydrogens (tertiary/aromatic N) is 2. The minimum Gasteiger partial charge on any atom is -0.491 e. The van der Waals surface area contributed by atoms with Gasteiger partial charge in [0.2, 0.25) is 0 Å². The molecule has 1 N–H and O–H groups in total. The fourth-order valence-corrected chi connectivity index (χ4v) is 2.54. The molecule has 0 aromatic heterocycles. The van der Waals surface area contributed by atoms with Crippen molar-refractivity contribution in [2.75, 3.05) is 39.3 Å². The van der Waals surface area contributed by atoms with Gasteiger partial charge in [-0.3, -0.25) is 0 Å². The van der Waals surface area contributed by atoms with E-state index in [-0.39, 0.29) is 12.1 Å². The van der Waals surface area contributed by atoms with Crippen LogP contribution in [0.5, 0.6) is 5.75 Å². The summed E-state index contributed by atoms with van der Waals surface area (Å²) in [6.07, 6.45) is 0. The molecule has 122 valence electrons. The van der Waals surface area contributed by atoms with Crippen molar-refractivity contribution in [3.8, 4) is 5.75 Å². The van der Waals surface area contributed by atoms with Crippen molar-refractivity contribution in [2.45, 2.75) is 26.8 Å². The Morgan fingerprint density at radius 2 is 2.05 bits per heavy atom. The van der Waals surface area contributed by atoms with E-state index in [4.69, 9.17) is 4.74 Å². The summed E-state index contributed by atoms with van der Waals surface area (Å²) in [7, 11) is 0. The summed E-state index contributed by atoms with van der Waals surface area (Å²) in [5, 5.41) is 3.01. The number of rotatable bonds is 5. The molecule has 2 amide bonds. The fourth-order valence-electron chi connectivity index (χ4n) is 2.54. The van der Waals surface area contributed by atoms with Crippen molar-refractivity contribution >= 4 is 6.03 Å².